The summed E-state index contributed by atoms with van der Waals surface area (Å²) in [5, 5.41) is 0. The predicted molar refractivity (Wildman–Crippen MR) is 57.6 cm³/mol. The molecule has 2 heteroatoms. The van der Waals surface area contributed by atoms with Crippen molar-refractivity contribution >= 4 is 5.84 Å². The second-order valence-electron chi connectivity index (χ2n) is 3.45. The highest BCUT2D eigenvalue weighted by atomic mass is 14.8. The second-order valence-corrected chi connectivity index (χ2v) is 3.45. The van der Waals surface area contributed by atoms with Crippen LogP contribution in [0.15, 0.2) is 28.4 Å². The zero-order valence-electron chi connectivity index (χ0n) is 8.51. The standard InChI is InChI=1S/C11H18N2/c1-3-4-5-9(2)10-6-7-11(12)13-8-10/h5,8H,3-4,6-7H2,1-2H3,(H2,12,13)/b9-5+. The van der Waals surface area contributed by atoms with Crippen LogP contribution in [0, 0.1) is 0 Å². The van der Waals surface area contributed by atoms with E-state index in [2.05, 4.69) is 24.9 Å². The molecule has 1 heterocycles. The number of rotatable bonds is 3. The first kappa shape index (κ1) is 10.0. The quantitative estimate of drug-likeness (QED) is 0.709. The van der Waals surface area contributed by atoms with Gasteiger partial charge in [0, 0.05) is 12.6 Å². The van der Waals surface area contributed by atoms with Gasteiger partial charge >= 0.3 is 0 Å². The molecule has 0 aromatic rings. The predicted octanol–water partition coefficient (Wildman–Crippen LogP) is 2.77. The van der Waals surface area contributed by atoms with Crippen molar-refractivity contribution in [1.82, 2.24) is 0 Å². The van der Waals surface area contributed by atoms with Gasteiger partial charge in [0.15, 0.2) is 0 Å². The highest BCUT2D eigenvalue weighted by molar-refractivity contribution is 5.82. The average molecular weight is 178 g/mol. The zero-order chi connectivity index (χ0) is 9.68. The molecule has 72 valence electrons. The number of hydrogen-bond acceptors (Lipinski definition) is 2. The Kier molecular flexibility index (Phi) is 3.74. The van der Waals surface area contributed by atoms with Crippen LogP contribution >= 0.6 is 0 Å². The smallest absolute Gasteiger partial charge is 0.0992 e. The van der Waals surface area contributed by atoms with Crippen molar-refractivity contribution in [3.8, 4) is 0 Å². The molecular formula is C11H18N2. The fourth-order valence-electron chi connectivity index (χ4n) is 1.34. The number of hydrogen-bond donors (Lipinski definition) is 1. The Morgan fingerprint density at radius 1 is 1.62 bits per heavy atom. The highest BCUT2D eigenvalue weighted by Crippen LogP contribution is 2.19. The third kappa shape index (κ3) is 3.05. The number of allylic oxidation sites excluding steroid dienone is 3. The summed E-state index contributed by atoms with van der Waals surface area (Å²) in [6, 6.07) is 0. The number of aliphatic imine (C=N–C) groups is 1. The molecule has 0 unspecified atom stereocenters. The molecule has 0 aliphatic carbocycles. The first-order valence-corrected chi connectivity index (χ1v) is 4.92. The summed E-state index contributed by atoms with van der Waals surface area (Å²) in [4.78, 5) is 4.13. The topological polar surface area (TPSA) is 38.4 Å². The number of nitrogens with zero attached hydrogens (tertiary/aromatic N) is 1. The molecule has 0 saturated heterocycles. The molecule has 1 rings (SSSR count). The number of unbranched alkanes of at least 4 members (excludes halogenated alkanes) is 1. The van der Waals surface area contributed by atoms with Crippen LogP contribution in [0.1, 0.15) is 39.5 Å². The summed E-state index contributed by atoms with van der Waals surface area (Å²) in [6.07, 6.45) is 8.49. The Morgan fingerprint density at radius 3 is 2.92 bits per heavy atom. The molecule has 1 aliphatic heterocycles. The van der Waals surface area contributed by atoms with Crippen molar-refractivity contribution < 1.29 is 0 Å². The molecule has 2 N–H and O–H groups in total. The molecule has 1 aliphatic rings. The lowest BCUT2D eigenvalue weighted by molar-refractivity contribution is 0.929. The Hall–Kier alpha value is -1.05. The maximum atomic E-state index is 5.58. The lowest BCUT2D eigenvalue weighted by Crippen LogP contribution is -2.13. The van der Waals surface area contributed by atoms with Crippen molar-refractivity contribution in [2.24, 2.45) is 10.7 Å². The van der Waals surface area contributed by atoms with E-state index < -0.39 is 0 Å². The van der Waals surface area contributed by atoms with Gasteiger partial charge < -0.3 is 5.73 Å². The molecule has 0 bridgehead atoms. The minimum absolute atomic E-state index is 0.757. The van der Waals surface area contributed by atoms with E-state index in [0.717, 1.165) is 25.1 Å². The minimum Gasteiger partial charge on any atom is -0.387 e. The molecule has 0 atom stereocenters. The van der Waals surface area contributed by atoms with Gasteiger partial charge in [0.25, 0.3) is 0 Å². The molecule has 0 aromatic heterocycles. The Morgan fingerprint density at radius 2 is 2.38 bits per heavy atom. The Labute approximate surface area is 80.2 Å². The third-order valence-electron chi connectivity index (χ3n) is 2.28. The largest absolute Gasteiger partial charge is 0.387 e. The second kappa shape index (κ2) is 4.85. The van der Waals surface area contributed by atoms with Crippen molar-refractivity contribution in [1.29, 1.82) is 0 Å². The lowest BCUT2D eigenvalue weighted by Gasteiger charge is -2.11. The van der Waals surface area contributed by atoms with Gasteiger partial charge in [-0.3, -0.25) is 0 Å². The van der Waals surface area contributed by atoms with Crippen LogP contribution in [0.25, 0.3) is 0 Å². The van der Waals surface area contributed by atoms with Gasteiger partial charge in [0.05, 0.1) is 5.84 Å². The van der Waals surface area contributed by atoms with E-state index in [1.807, 2.05) is 6.20 Å². The van der Waals surface area contributed by atoms with Gasteiger partial charge in [-0.2, -0.15) is 0 Å². The molecule has 13 heavy (non-hydrogen) atoms. The van der Waals surface area contributed by atoms with Gasteiger partial charge in [-0.15, -0.1) is 0 Å². The summed E-state index contributed by atoms with van der Waals surface area (Å²) in [6.45, 7) is 4.34. The SMILES string of the molecule is CCC/C=C(\C)C1=CN=C(N)CC1. The molecule has 0 saturated carbocycles. The molecule has 0 radical (unpaired) electrons. The normalized spacial score (nSPS) is 18.2. The van der Waals surface area contributed by atoms with E-state index in [1.54, 1.807) is 0 Å². The maximum absolute atomic E-state index is 5.58. The zero-order valence-corrected chi connectivity index (χ0v) is 8.51. The number of amidine groups is 1. The first-order valence-electron chi connectivity index (χ1n) is 4.92. The Balaban J connectivity index is 2.62. The average Bonchev–Trinajstić information content (AvgIpc) is 2.15. The molecule has 0 aromatic carbocycles. The minimum atomic E-state index is 0.757. The van der Waals surface area contributed by atoms with Crippen LogP contribution in [0.5, 0.6) is 0 Å². The fraction of sp³-hybridized carbons (Fsp3) is 0.545. The van der Waals surface area contributed by atoms with Crippen LogP contribution in [-0.2, 0) is 0 Å². The van der Waals surface area contributed by atoms with E-state index in [1.165, 1.54) is 17.6 Å². The maximum Gasteiger partial charge on any atom is 0.0992 e. The van der Waals surface area contributed by atoms with Gasteiger partial charge in [0.2, 0.25) is 0 Å². The van der Waals surface area contributed by atoms with Crippen LogP contribution in [0.4, 0.5) is 0 Å². The van der Waals surface area contributed by atoms with E-state index >= 15 is 0 Å². The van der Waals surface area contributed by atoms with Gasteiger partial charge in [-0.1, -0.05) is 25.0 Å². The lowest BCUT2D eigenvalue weighted by atomic mass is 10.0. The van der Waals surface area contributed by atoms with Crippen molar-refractivity contribution in [3.63, 3.8) is 0 Å². The summed E-state index contributed by atoms with van der Waals surface area (Å²) in [5.41, 5.74) is 8.28. The van der Waals surface area contributed by atoms with E-state index in [9.17, 15) is 0 Å². The van der Waals surface area contributed by atoms with Crippen LogP contribution in [-0.4, -0.2) is 5.84 Å². The van der Waals surface area contributed by atoms with Crippen LogP contribution in [0.2, 0.25) is 0 Å². The van der Waals surface area contributed by atoms with Crippen LogP contribution in [0.3, 0.4) is 0 Å². The summed E-state index contributed by atoms with van der Waals surface area (Å²) >= 11 is 0. The van der Waals surface area contributed by atoms with Gasteiger partial charge in [-0.05, 0) is 25.3 Å². The van der Waals surface area contributed by atoms with E-state index in [0.29, 0.717) is 0 Å². The molecule has 0 fully saturated rings. The fourth-order valence-corrected chi connectivity index (χ4v) is 1.34. The van der Waals surface area contributed by atoms with Crippen molar-refractivity contribution in [3.05, 3.63) is 23.4 Å². The molecular weight excluding hydrogens is 160 g/mol. The Bertz CT molecular complexity index is 259. The molecule has 2 nitrogen and oxygen atoms in total. The van der Waals surface area contributed by atoms with E-state index in [4.69, 9.17) is 5.73 Å². The number of nitrogens with two attached hydrogens (primary N) is 1. The molecule has 0 spiro atoms. The van der Waals surface area contributed by atoms with Crippen molar-refractivity contribution in [2.45, 2.75) is 39.5 Å². The third-order valence-corrected chi connectivity index (χ3v) is 2.28. The van der Waals surface area contributed by atoms with E-state index in [-0.39, 0.29) is 0 Å². The molecule has 0 amide bonds. The first-order chi connectivity index (χ1) is 6.24. The summed E-state index contributed by atoms with van der Waals surface area (Å²) < 4.78 is 0. The van der Waals surface area contributed by atoms with Gasteiger partial charge in [-0.25, -0.2) is 4.99 Å². The highest BCUT2D eigenvalue weighted by Gasteiger charge is 2.05. The van der Waals surface area contributed by atoms with Crippen molar-refractivity contribution in [2.75, 3.05) is 0 Å². The summed E-state index contributed by atoms with van der Waals surface area (Å²) in [5.74, 6) is 0.757. The monoisotopic (exact) mass is 178 g/mol. The van der Waals surface area contributed by atoms with Gasteiger partial charge in [0.1, 0.15) is 0 Å². The summed E-state index contributed by atoms with van der Waals surface area (Å²) in [7, 11) is 0. The van der Waals surface area contributed by atoms with Crippen LogP contribution < -0.4 is 5.73 Å².